The van der Waals surface area contributed by atoms with Crippen LogP contribution in [-0.4, -0.2) is 26.9 Å². The Labute approximate surface area is 69.9 Å². The number of methoxy groups -OCH3 is 1. The van der Waals surface area contributed by atoms with E-state index in [4.69, 9.17) is 9.47 Å². The summed E-state index contributed by atoms with van der Waals surface area (Å²) in [4.78, 5) is 0. The van der Waals surface area contributed by atoms with Gasteiger partial charge in [0.1, 0.15) is 0 Å². The Kier molecular flexibility index (Phi) is 7.96. The van der Waals surface area contributed by atoms with Crippen molar-refractivity contribution in [2.24, 2.45) is 5.92 Å². The van der Waals surface area contributed by atoms with Crippen molar-refractivity contribution >= 4 is 0 Å². The highest BCUT2D eigenvalue weighted by atomic mass is 16.5. The molecule has 0 rings (SSSR count). The minimum absolute atomic E-state index is 0.708. The van der Waals surface area contributed by atoms with Gasteiger partial charge in [-0.05, 0) is 5.92 Å². The van der Waals surface area contributed by atoms with Crippen molar-refractivity contribution in [2.75, 3.05) is 26.9 Å². The molecule has 0 saturated heterocycles. The number of hydrogen-bond donors (Lipinski definition) is 0. The van der Waals surface area contributed by atoms with Gasteiger partial charge in [0.25, 0.3) is 0 Å². The van der Waals surface area contributed by atoms with Crippen LogP contribution in [0.5, 0.6) is 0 Å². The lowest BCUT2D eigenvalue weighted by atomic mass is 10.1. The van der Waals surface area contributed by atoms with E-state index in [-0.39, 0.29) is 0 Å². The van der Waals surface area contributed by atoms with E-state index >= 15 is 0 Å². The minimum Gasteiger partial charge on any atom is -0.382 e. The van der Waals surface area contributed by atoms with E-state index in [2.05, 4.69) is 13.8 Å². The van der Waals surface area contributed by atoms with Gasteiger partial charge >= 0.3 is 0 Å². The molecule has 2 nitrogen and oxygen atoms in total. The van der Waals surface area contributed by atoms with Gasteiger partial charge < -0.3 is 9.47 Å². The Morgan fingerprint density at radius 3 is 2.18 bits per heavy atom. The molecule has 0 unspecified atom stereocenters. The largest absolute Gasteiger partial charge is 0.382 e. The molecule has 0 aliphatic heterocycles. The SMILES string of the molecule is CCC(CC)COCCOC. The first-order chi connectivity index (χ1) is 5.35. The van der Waals surface area contributed by atoms with Gasteiger partial charge in [-0.3, -0.25) is 0 Å². The maximum Gasteiger partial charge on any atom is 0.0700 e. The van der Waals surface area contributed by atoms with Gasteiger partial charge in [0.15, 0.2) is 0 Å². The quantitative estimate of drug-likeness (QED) is 0.531. The van der Waals surface area contributed by atoms with Crippen LogP contribution in [0.15, 0.2) is 0 Å². The van der Waals surface area contributed by atoms with E-state index in [0.717, 1.165) is 19.1 Å². The first-order valence-electron chi connectivity index (χ1n) is 4.41. The Balaban J connectivity index is 3.07. The molecule has 0 aliphatic rings. The zero-order valence-electron chi connectivity index (χ0n) is 7.93. The van der Waals surface area contributed by atoms with Crippen LogP contribution in [0.2, 0.25) is 0 Å². The van der Waals surface area contributed by atoms with Crippen molar-refractivity contribution in [1.82, 2.24) is 0 Å². The summed E-state index contributed by atoms with van der Waals surface area (Å²) in [5.41, 5.74) is 0. The molecule has 68 valence electrons. The van der Waals surface area contributed by atoms with E-state index in [0.29, 0.717) is 6.61 Å². The third kappa shape index (κ3) is 6.32. The van der Waals surface area contributed by atoms with Crippen molar-refractivity contribution < 1.29 is 9.47 Å². The summed E-state index contributed by atoms with van der Waals surface area (Å²) in [5, 5.41) is 0. The van der Waals surface area contributed by atoms with Gasteiger partial charge in [0.2, 0.25) is 0 Å². The van der Waals surface area contributed by atoms with Crippen molar-refractivity contribution in [1.29, 1.82) is 0 Å². The molecular formula is C9H20O2. The zero-order chi connectivity index (χ0) is 8.53. The molecule has 0 saturated carbocycles. The topological polar surface area (TPSA) is 18.5 Å². The smallest absolute Gasteiger partial charge is 0.0700 e. The van der Waals surface area contributed by atoms with Crippen LogP contribution in [0, 0.1) is 5.92 Å². The van der Waals surface area contributed by atoms with E-state index in [9.17, 15) is 0 Å². The number of ether oxygens (including phenoxy) is 2. The summed E-state index contributed by atoms with van der Waals surface area (Å²) in [6, 6.07) is 0. The molecule has 0 aromatic heterocycles. The molecule has 11 heavy (non-hydrogen) atoms. The third-order valence-electron chi connectivity index (χ3n) is 1.94. The molecular weight excluding hydrogens is 140 g/mol. The van der Waals surface area contributed by atoms with Crippen LogP contribution >= 0.6 is 0 Å². The standard InChI is InChI=1S/C9H20O2/c1-4-9(5-2)8-11-7-6-10-3/h9H,4-8H2,1-3H3. The second-order valence-electron chi connectivity index (χ2n) is 2.75. The van der Waals surface area contributed by atoms with E-state index in [1.807, 2.05) is 0 Å². The minimum atomic E-state index is 0.708. The maximum absolute atomic E-state index is 5.39. The van der Waals surface area contributed by atoms with Crippen molar-refractivity contribution in [3.05, 3.63) is 0 Å². The Morgan fingerprint density at radius 1 is 1.09 bits per heavy atom. The predicted octanol–water partition coefficient (Wildman–Crippen LogP) is 2.09. The lowest BCUT2D eigenvalue weighted by Crippen LogP contribution is -2.10. The first kappa shape index (κ1) is 10.9. The Morgan fingerprint density at radius 2 is 1.73 bits per heavy atom. The van der Waals surface area contributed by atoms with Gasteiger partial charge in [-0.2, -0.15) is 0 Å². The Hall–Kier alpha value is -0.0800. The molecule has 2 heteroatoms. The second kappa shape index (κ2) is 8.02. The fourth-order valence-electron chi connectivity index (χ4n) is 0.917. The van der Waals surface area contributed by atoms with E-state index in [1.165, 1.54) is 12.8 Å². The molecule has 0 N–H and O–H groups in total. The highest BCUT2D eigenvalue weighted by Crippen LogP contribution is 2.06. The molecule has 0 heterocycles. The highest BCUT2D eigenvalue weighted by molar-refractivity contribution is 4.51. The maximum atomic E-state index is 5.39. The molecule has 0 atom stereocenters. The zero-order valence-corrected chi connectivity index (χ0v) is 7.93. The third-order valence-corrected chi connectivity index (χ3v) is 1.94. The molecule has 0 amide bonds. The molecule has 0 bridgehead atoms. The summed E-state index contributed by atoms with van der Waals surface area (Å²) in [5.74, 6) is 0.729. The van der Waals surface area contributed by atoms with E-state index in [1.54, 1.807) is 7.11 Å². The normalized spacial score (nSPS) is 10.9. The van der Waals surface area contributed by atoms with Crippen LogP contribution in [-0.2, 0) is 9.47 Å². The fourth-order valence-corrected chi connectivity index (χ4v) is 0.917. The van der Waals surface area contributed by atoms with Crippen LogP contribution < -0.4 is 0 Å². The number of rotatable bonds is 7. The molecule has 0 radical (unpaired) electrons. The van der Waals surface area contributed by atoms with Crippen molar-refractivity contribution in [2.45, 2.75) is 26.7 Å². The highest BCUT2D eigenvalue weighted by Gasteiger charge is 2.01. The van der Waals surface area contributed by atoms with Gasteiger partial charge in [-0.15, -0.1) is 0 Å². The fraction of sp³-hybridized carbons (Fsp3) is 1.00. The first-order valence-corrected chi connectivity index (χ1v) is 4.41. The second-order valence-corrected chi connectivity index (χ2v) is 2.75. The molecule has 0 spiro atoms. The average Bonchev–Trinajstić information content (AvgIpc) is 2.05. The van der Waals surface area contributed by atoms with Crippen LogP contribution in [0.1, 0.15) is 26.7 Å². The number of hydrogen-bond acceptors (Lipinski definition) is 2. The molecule has 0 aliphatic carbocycles. The lowest BCUT2D eigenvalue weighted by molar-refractivity contribution is 0.0498. The van der Waals surface area contributed by atoms with Gasteiger partial charge in [-0.1, -0.05) is 26.7 Å². The average molecular weight is 160 g/mol. The van der Waals surface area contributed by atoms with Gasteiger partial charge in [0.05, 0.1) is 13.2 Å². The lowest BCUT2D eigenvalue weighted by Gasteiger charge is -2.11. The van der Waals surface area contributed by atoms with Crippen LogP contribution in [0.3, 0.4) is 0 Å². The summed E-state index contributed by atoms with van der Waals surface area (Å²) < 4.78 is 10.3. The summed E-state index contributed by atoms with van der Waals surface area (Å²) in [6.07, 6.45) is 2.42. The van der Waals surface area contributed by atoms with Crippen molar-refractivity contribution in [3.8, 4) is 0 Å². The summed E-state index contributed by atoms with van der Waals surface area (Å²) >= 11 is 0. The molecule has 0 aromatic carbocycles. The summed E-state index contributed by atoms with van der Waals surface area (Å²) in [6.45, 7) is 6.73. The van der Waals surface area contributed by atoms with Crippen LogP contribution in [0.4, 0.5) is 0 Å². The van der Waals surface area contributed by atoms with Gasteiger partial charge in [0, 0.05) is 13.7 Å². The van der Waals surface area contributed by atoms with Gasteiger partial charge in [-0.25, -0.2) is 0 Å². The van der Waals surface area contributed by atoms with Crippen molar-refractivity contribution in [3.63, 3.8) is 0 Å². The summed E-state index contributed by atoms with van der Waals surface area (Å²) in [7, 11) is 1.69. The molecule has 0 aromatic rings. The van der Waals surface area contributed by atoms with E-state index < -0.39 is 0 Å². The Bertz CT molecular complexity index is 70.0. The van der Waals surface area contributed by atoms with Crippen LogP contribution in [0.25, 0.3) is 0 Å². The predicted molar refractivity (Wildman–Crippen MR) is 46.8 cm³/mol. The molecule has 0 fully saturated rings. The monoisotopic (exact) mass is 160 g/mol.